The largest absolute Gasteiger partial charge is 0.476 e. The van der Waals surface area contributed by atoms with Crippen LogP contribution in [0, 0.1) is 5.82 Å². The molecule has 27 heavy (non-hydrogen) atoms. The molecule has 0 aliphatic carbocycles. The molecule has 7 heteroatoms. The second kappa shape index (κ2) is 7.36. The molecule has 2 aromatic carbocycles. The van der Waals surface area contributed by atoms with Gasteiger partial charge < -0.3 is 19.3 Å². The number of ether oxygens (including phenoxy) is 2. The molecule has 2 aliphatic heterocycles. The summed E-state index contributed by atoms with van der Waals surface area (Å²) < 4.78 is 24.4. The van der Waals surface area contributed by atoms with E-state index in [-0.39, 0.29) is 18.4 Å². The van der Waals surface area contributed by atoms with Gasteiger partial charge in [-0.3, -0.25) is 9.59 Å². The standard InChI is InChI=1S/C20H19FN2O4/c21-15-7-5-14(6-8-15)19(24)23-13-18(20(25)22-9-11-26-12-10-22)27-17-4-2-1-3-16(17)23/h1-8,18H,9-13H2/t18-/m0/s1. The van der Waals surface area contributed by atoms with Gasteiger partial charge in [0.15, 0.2) is 6.10 Å². The summed E-state index contributed by atoms with van der Waals surface area (Å²) in [6.45, 7) is 2.10. The molecule has 6 nitrogen and oxygen atoms in total. The van der Waals surface area contributed by atoms with E-state index >= 15 is 0 Å². The predicted octanol–water partition coefficient (Wildman–Crippen LogP) is 2.09. The molecule has 2 amide bonds. The molecule has 0 N–H and O–H groups in total. The molecule has 2 heterocycles. The van der Waals surface area contributed by atoms with Crippen molar-refractivity contribution in [3.05, 3.63) is 59.9 Å². The van der Waals surface area contributed by atoms with Crippen molar-refractivity contribution in [2.45, 2.75) is 6.10 Å². The topological polar surface area (TPSA) is 59.1 Å². The second-order valence-corrected chi connectivity index (χ2v) is 6.43. The van der Waals surface area contributed by atoms with E-state index in [2.05, 4.69) is 0 Å². The van der Waals surface area contributed by atoms with Crippen LogP contribution in [0.5, 0.6) is 5.75 Å². The lowest BCUT2D eigenvalue weighted by Crippen LogP contribution is -2.54. The zero-order chi connectivity index (χ0) is 18.8. The molecule has 1 fully saturated rings. The third kappa shape index (κ3) is 3.50. The molecular formula is C20H19FN2O4. The first-order chi connectivity index (χ1) is 13.1. The maximum Gasteiger partial charge on any atom is 0.265 e. The highest BCUT2D eigenvalue weighted by Crippen LogP contribution is 2.34. The van der Waals surface area contributed by atoms with Crippen LogP contribution >= 0.6 is 0 Å². The number of benzene rings is 2. The summed E-state index contributed by atoms with van der Waals surface area (Å²) in [5, 5.41) is 0. The zero-order valence-corrected chi connectivity index (χ0v) is 14.6. The highest BCUT2D eigenvalue weighted by molar-refractivity contribution is 6.07. The molecule has 0 aromatic heterocycles. The van der Waals surface area contributed by atoms with Crippen LogP contribution in [0.3, 0.4) is 0 Å². The Morgan fingerprint density at radius 2 is 1.70 bits per heavy atom. The first kappa shape index (κ1) is 17.5. The Balaban J connectivity index is 1.62. The minimum atomic E-state index is -0.789. The van der Waals surface area contributed by atoms with Crippen LogP contribution < -0.4 is 9.64 Å². The number of hydrogen-bond acceptors (Lipinski definition) is 4. The van der Waals surface area contributed by atoms with Crippen molar-refractivity contribution in [2.75, 3.05) is 37.7 Å². The van der Waals surface area contributed by atoms with Crippen LogP contribution in [0.1, 0.15) is 10.4 Å². The molecular weight excluding hydrogens is 351 g/mol. The molecule has 0 radical (unpaired) electrons. The smallest absolute Gasteiger partial charge is 0.265 e. The van der Waals surface area contributed by atoms with E-state index in [4.69, 9.17) is 9.47 Å². The van der Waals surface area contributed by atoms with Gasteiger partial charge in [-0.2, -0.15) is 0 Å². The number of hydrogen-bond donors (Lipinski definition) is 0. The van der Waals surface area contributed by atoms with Crippen molar-refractivity contribution in [1.82, 2.24) is 4.90 Å². The third-order valence-corrected chi connectivity index (χ3v) is 4.71. The lowest BCUT2D eigenvalue weighted by atomic mass is 10.1. The van der Waals surface area contributed by atoms with Gasteiger partial charge in [-0.15, -0.1) is 0 Å². The minimum Gasteiger partial charge on any atom is -0.476 e. The van der Waals surface area contributed by atoms with Crippen molar-refractivity contribution in [3.8, 4) is 5.75 Å². The van der Waals surface area contributed by atoms with Gasteiger partial charge in [0, 0.05) is 18.7 Å². The summed E-state index contributed by atoms with van der Waals surface area (Å²) in [6.07, 6.45) is -0.789. The molecule has 4 rings (SSSR count). The average Bonchev–Trinajstić information content (AvgIpc) is 2.73. The highest BCUT2D eigenvalue weighted by Gasteiger charge is 2.36. The SMILES string of the molecule is O=C([C@@H]1CN(C(=O)c2ccc(F)cc2)c2ccccc2O1)N1CCOCC1. The summed E-state index contributed by atoms with van der Waals surface area (Å²) in [5.41, 5.74) is 0.948. The number of amides is 2. The van der Waals surface area contributed by atoms with Gasteiger partial charge in [0.25, 0.3) is 11.8 Å². The third-order valence-electron chi connectivity index (χ3n) is 4.71. The monoisotopic (exact) mass is 370 g/mol. The van der Waals surface area contributed by atoms with E-state index in [1.165, 1.54) is 29.2 Å². The van der Waals surface area contributed by atoms with Crippen molar-refractivity contribution in [2.24, 2.45) is 0 Å². The predicted molar refractivity (Wildman–Crippen MR) is 96.3 cm³/mol. The fourth-order valence-electron chi connectivity index (χ4n) is 3.29. The van der Waals surface area contributed by atoms with Gasteiger partial charge in [0.1, 0.15) is 11.6 Å². The number of fused-ring (bicyclic) bond motifs is 1. The van der Waals surface area contributed by atoms with E-state index in [9.17, 15) is 14.0 Å². The molecule has 0 bridgehead atoms. The Morgan fingerprint density at radius 3 is 2.44 bits per heavy atom. The highest BCUT2D eigenvalue weighted by atomic mass is 19.1. The molecule has 0 unspecified atom stereocenters. The van der Waals surface area contributed by atoms with E-state index in [0.29, 0.717) is 43.3 Å². The van der Waals surface area contributed by atoms with Crippen LogP contribution in [-0.4, -0.2) is 55.7 Å². The van der Waals surface area contributed by atoms with Crippen LogP contribution in [-0.2, 0) is 9.53 Å². The number of para-hydroxylation sites is 2. The van der Waals surface area contributed by atoms with E-state index in [1.54, 1.807) is 29.2 Å². The van der Waals surface area contributed by atoms with Crippen molar-refractivity contribution < 1.29 is 23.5 Å². The van der Waals surface area contributed by atoms with Crippen molar-refractivity contribution in [1.29, 1.82) is 0 Å². The van der Waals surface area contributed by atoms with Crippen LogP contribution in [0.15, 0.2) is 48.5 Å². The number of anilines is 1. The summed E-state index contributed by atoms with van der Waals surface area (Å²) in [7, 11) is 0. The van der Waals surface area contributed by atoms with Gasteiger partial charge in [-0.25, -0.2) is 4.39 Å². The Kier molecular flexibility index (Phi) is 4.77. The normalized spacial score (nSPS) is 19.2. The Hall–Kier alpha value is -2.93. The molecule has 140 valence electrons. The van der Waals surface area contributed by atoms with Crippen molar-refractivity contribution in [3.63, 3.8) is 0 Å². The number of halogens is 1. The second-order valence-electron chi connectivity index (χ2n) is 6.43. The summed E-state index contributed by atoms with van der Waals surface area (Å²) in [5.74, 6) is -0.393. The Morgan fingerprint density at radius 1 is 1.00 bits per heavy atom. The molecule has 1 atom stereocenters. The average molecular weight is 370 g/mol. The fraction of sp³-hybridized carbons (Fsp3) is 0.300. The minimum absolute atomic E-state index is 0.101. The number of rotatable bonds is 2. The Labute approximate surface area is 156 Å². The van der Waals surface area contributed by atoms with Gasteiger partial charge in [-0.1, -0.05) is 12.1 Å². The number of carbonyl (C=O) groups excluding carboxylic acids is 2. The first-order valence-electron chi connectivity index (χ1n) is 8.83. The molecule has 1 saturated heterocycles. The van der Waals surface area contributed by atoms with E-state index in [1.807, 2.05) is 0 Å². The molecule has 2 aromatic rings. The van der Waals surface area contributed by atoms with Gasteiger partial charge in [0.2, 0.25) is 0 Å². The summed E-state index contributed by atoms with van der Waals surface area (Å²) in [4.78, 5) is 29.1. The van der Waals surface area contributed by atoms with Crippen LogP contribution in [0.4, 0.5) is 10.1 Å². The maximum absolute atomic E-state index is 13.2. The van der Waals surface area contributed by atoms with Crippen LogP contribution in [0.25, 0.3) is 0 Å². The number of morpholine rings is 1. The van der Waals surface area contributed by atoms with Gasteiger partial charge in [-0.05, 0) is 36.4 Å². The van der Waals surface area contributed by atoms with Crippen LogP contribution in [0.2, 0.25) is 0 Å². The number of nitrogens with zero attached hydrogens (tertiary/aromatic N) is 2. The molecule has 2 aliphatic rings. The Bertz CT molecular complexity index is 849. The summed E-state index contributed by atoms with van der Waals surface area (Å²) >= 11 is 0. The maximum atomic E-state index is 13.2. The van der Waals surface area contributed by atoms with Gasteiger partial charge >= 0.3 is 0 Å². The quantitative estimate of drug-likeness (QED) is 0.812. The van der Waals surface area contributed by atoms with Gasteiger partial charge in [0.05, 0.1) is 25.4 Å². The summed E-state index contributed by atoms with van der Waals surface area (Å²) in [6, 6.07) is 12.5. The van der Waals surface area contributed by atoms with Crippen molar-refractivity contribution >= 4 is 17.5 Å². The molecule has 0 spiro atoms. The molecule has 0 saturated carbocycles. The van der Waals surface area contributed by atoms with E-state index < -0.39 is 11.9 Å². The number of carbonyl (C=O) groups is 2. The fourth-order valence-corrected chi connectivity index (χ4v) is 3.29. The first-order valence-corrected chi connectivity index (χ1v) is 8.83. The van der Waals surface area contributed by atoms with E-state index in [0.717, 1.165) is 0 Å². The lowest BCUT2D eigenvalue weighted by Gasteiger charge is -2.37. The zero-order valence-electron chi connectivity index (χ0n) is 14.6. The lowest BCUT2D eigenvalue weighted by molar-refractivity contribution is -0.142.